The highest BCUT2D eigenvalue weighted by atomic mass is 16.2. The van der Waals surface area contributed by atoms with Gasteiger partial charge < -0.3 is 10.2 Å². The maximum atomic E-state index is 13.5. The average Bonchev–Trinajstić information content (AvgIpc) is 2.87. The third-order valence-corrected chi connectivity index (χ3v) is 5.77. The van der Waals surface area contributed by atoms with Crippen LogP contribution in [-0.2, 0) is 24.3 Å². The standard InChI is InChI=1S/C30H29N3O2/c1-22-9-13-26(14-10-22)30(35)33(21-25-7-5-6-23(2)18-25)28-15-11-24(12-16-28)19-29(34)32-20-27-8-3-4-17-31-27/h3-18H,19-21H2,1-2H3,(H,32,34). The van der Waals surface area contributed by atoms with Crippen molar-refractivity contribution in [3.05, 3.63) is 131 Å². The van der Waals surface area contributed by atoms with Crippen molar-refractivity contribution in [2.75, 3.05) is 4.90 Å². The zero-order chi connectivity index (χ0) is 24.6. The highest BCUT2D eigenvalue weighted by molar-refractivity contribution is 6.06. The van der Waals surface area contributed by atoms with Crippen LogP contribution in [-0.4, -0.2) is 16.8 Å². The summed E-state index contributed by atoms with van der Waals surface area (Å²) in [5, 5.41) is 2.90. The molecular formula is C30H29N3O2. The van der Waals surface area contributed by atoms with E-state index in [0.29, 0.717) is 18.7 Å². The summed E-state index contributed by atoms with van der Waals surface area (Å²) in [6.45, 7) is 4.90. The van der Waals surface area contributed by atoms with Crippen LogP contribution in [0.1, 0.15) is 38.3 Å². The average molecular weight is 464 g/mol. The van der Waals surface area contributed by atoms with Crippen molar-refractivity contribution in [3.63, 3.8) is 0 Å². The van der Waals surface area contributed by atoms with Gasteiger partial charge in [0.15, 0.2) is 0 Å². The second-order valence-corrected chi connectivity index (χ2v) is 8.69. The van der Waals surface area contributed by atoms with Gasteiger partial charge in [0.05, 0.1) is 25.2 Å². The minimum atomic E-state index is -0.0734. The molecule has 0 spiro atoms. The Bertz CT molecular complexity index is 1280. The van der Waals surface area contributed by atoms with Gasteiger partial charge in [-0.1, -0.05) is 65.7 Å². The number of benzene rings is 3. The number of nitrogens with one attached hydrogen (secondary N) is 1. The summed E-state index contributed by atoms with van der Waals surface area (Å²) in [6.07, 6.45) is 1.97. The van der Waals surface area contributed by atoms with E-state index < -0.39 is 0 Å². The minimum Gasteiger partial charge on any atom is -0.350 e. The van der Waals surface area contributed by atoms with E-state index >= 15 is 0 Å². The predicted octanol–water partition coefficient (Wildman–Crippen LogP) is 5.40. The number of hydrogen-bond acceptors (Lipinski definition) is 3. The second kappa shape index (κ2) is 11.3. The number of rotatable bonds is 8. The molecule has 0 atom stereocenters. The fourth-order valence-electron chi connectivity index (χ4n) is 3.86. The van der Waals surface area contributed by atoms with Crippen LogP contribution in [0.25, 0.3) is 0 Å². The summed E-state index contributed by atoms with van der Waals surface area (Å²) in [5.74, 6) is -0.136. The highest BCUT2D eigenvalue weighted by Gasteiger charge is 2.18. The Morgan fingerprint density at radius 3 is 2.26 bits per heavy atom. The maximum absolute atomic E-state index is 13.5. The normalized spacial score (nSPS) is 10.6. The van der Waals surface area contributed by atoms with Gasteiger partial charge in [0, 0.05) is 17.4 Å². The third-order valence-electron chi connectivity index (χ3n) is 5.77. The molecular weight excluding hydrogens is 434 g/mol. The first-order valence-electron chi connectivity index (χ1n) is 11.7. The van der Waals surface area contributed by atoms with E-state index in [9.17, 15) is 9.59 Å². The van der Waals surface area contributed by atoms with Crippen molar-refractivity contribution in [1.29, 1.82) is 0 Å². The number of aromatic nitrogens is 1. The molecule has 4 rings (SSSR count). The summed E-state index contributed by atoms with van der Waals surface area (Å²) in [5.41, 5.74) is 6.44. The lowest BCUT2D eigenvalue weighted by Gasteiger charge is -2.24. The number of carbonyl (C=O) groups is 2. The second-order valence-electron chi connectivity index (χ2n) is 8.69. The van der Waals surface area contributed by atoms with Gasteiger partial charge in [0.1, 0.15) is 0 Å². The van der Waals surface area contributed by atoms with Crippen LogP contribution >= 0.6 is 0 Å². The molecule has 5 nitrogen and oxygen atoms in total. The van der Waals surface area contributed by atoms with E-state index in [0.717, 1.165) is 33.6 Å². The van der Waals surface area contributed by atoms with E-state index in [2.05, 4.69) is 16.4 Å². The van der Waals surface area contributed by atoms with Gasteiger partial charge in [-0.15, -0.1) is 0 Å². The Kier molecular flexibility index (Phi) is 7.68. The molecule has 176 valence electrons. The maximum Gasteiger partial charge on any atom is 0.258 e. The van der Waals surface area contributed by atoms with Crippen molar-refractivity contribution in [3.8, 4) is 0 Å². The molecule has 1 aromatic heterocycles. The molecule has 0 radical (unpaired) electrons. The summed E-state index contributed by atoms with van der Waals surface area (Å²) in [7, 11) is 0. The van der Waals surface area contributed by atoms with E-state index in [4.69, 9.17) is 0 Å². The molecule has 35 heavy (non-hydrogen) atoms. The molecule has 1 N–H and O–H groups in total. The van der Waals surface area contributed by atoms with Crippen molar-refractivity contribution in [2.24, 2.45) is 0 Å². The monoisotopic (exact) mass is 463 g/mol. The number of hydrogen-bond donors (Lipinski definition) is 1. The molecule has 0 aliphatic rings. The lowest BCUT2D eigenvalue weighted by Crippen LogP contribution is -2.30. The Balaban J connectivity index is 1.49. The molecule has 0 saturated heterocycles. The lowest BCUT2D eigenvalue weighted by atomic mass is 10.1. The van der Waals surface area contributed by atoms with Crippen LogP contribution in [0.4, 0.5) is 5.69 Å². The topological polar surface area (TPSA) is 62.3 Å². The molecule has 4 aromatic rings. The molecule has 1 heterocycles. The number of nitrogens with zero attached hydrogens (tertiary/aromatic N) is 2. The van der Waals surface area contributed by atoms with Gasteiger partial charge in [-0.05, 0) is 61.4 Å². The first kappa shape index (κ1) is 23.9. The largest absolute Gasteiger partial charge is 0.350 e. The minimum absolute atomic E-state index is 0.0626. The van der Waals surface area contributed by atoms with Gasteiger partial charge in [-0.25, -0.2) is 0 Å². The summed E-state index contributed by atoms with van der Waals surface area (Å²) in [4.78, 5) is 31.9. The smallest absolute Gasteiger partial charge is 0.258 e. The zero-order valence-electron chi connectivity index (χ0n) is 20.1. The molecule has 0 aliphatic carbocycles. The summed E-state index contributed by atoms with van der Waals surface area (Å²) in [6, 6.07) is 29.0. The van der Waals surface area contributed by atoms with Crippen LogP contribution in [0.2, 0.25) is 0 Å². The molecule has 0 fully saturated rings. The Morgan fingerprint density at radius 1 is 0.800 bits per heavy atom. The lowest BCUT2D eigenvalue weighted by molar-refractivity contribution is -0.120. The summed E-state index contributed by atoms with van der Waals surface area (Å²) >= 11 is 0. The molecule has 2 amide bonds. The predicted molar refractivity (Wildman–Crippen MR) is 139 cm³/mol. The molecule has 0 aliphatic heterocycles. The van der Waals surface area contributed by atoms with Gasteiger partial charge in [0.2, 0.25) is 5.91 Å². The first-order valence-corrected chi connectivity index (χ1v) is 11.7. The third kappa shape index (κ3) is 6.64. The van der Waals surface area contributed by atoms with Crippen molar-refractivity contribution in [1.82, 2.24) is 10.3 Å². The molecule has 0 unspecified atom stereocenters. The molecule has 0 saturated carbocycles. The number of pyridine rings is 1. The number of amides is 2. The molecule has 3 aromatic carbocycles. The van der Waals surface area contributed by atoms with Crippen molar-refractivity contribution < 1.29 is 9.59 Å². The fraction of sp³-hybridized carbons (Fsp3) is 0.167. The van der Waals surface area contributed by atoms with Gasteiger partial charge in [-0.3, -0.25) is 14.6 Å². The van der Waals surface area contributed by atoms with Crippen LogP contribution in [0.15, 0.2) is 97.2 Å². The van der Waals surface area contributed by atoms with Gasteiger partial charge in [-0.2, -0.15) is 0 Å². The van der Waals surface area contributed by atoms with E-state index in [1.165, 1.54) is 0 Å². The summed E-state index contributed by atoms with van der Waals surface area (Å²) < 4.78 is 0. The fourth-order valence-corrected chi connectivity index (χ4v) is 3.86. The first-order chi connectivity index (χ1) is 17.0. The van der Waals surface area contributed by atoms with E-state index in [-0.39, 0.29) is 18.2 Å². The SMILES string of the molecule is Cc1ccc(C(=O)N(Cc2cccc(C)c2)c2ccc(CC(=O)NCc3ccccn3)cc2)cc1. The number of aryl methyl sites for hydroxylation is 2. The van der Waals surface area contributed by atoms with E-state index in [1.807, 2.05) is 98.8 Å². The van der Waals surface area contributed by atoms with Crippen LogP contribution in [0.3, 0.4) is 0 Å². The van der Waals surface area contributed by atoms with Crippen LogP contribution in [0.5, 0.6) is 0 Å². The van der Waals surface area contributed by atoms with Gasteiger partial charge in [0.25, 0.3) is 5.91 Å². The van der Waals surface area contributed by atoms with Gasteiger partial charge >= 0.3 is 0 Å². The Hall–Kier alpha value is -4.25. The number of anilines is 1. The Morgan fingerprint density at radius 2 is 1.57 bits per heavy atom. The molecule has 5 heteroatoms. The van der Waals surface area contributed by atoms with Crippen LogP contribution < -0.4 is 10.2 Å². The van der Waals surface area contributed by atoms with Crippen molar-refractivity contribution in [2.45, 2.75) is 33.4 Å². The zero-order valence-corrected chi connectivity index (χ0v) is 20.1. The number of carbonyl (C=O) groups excluding carboxylic acids is 2. The van der Waals surface area contributed by atoms with Crippen LogP contribution in [0, 0.1) is 13.8 Å². The van der Waals surface area contributed by atoms with Crippen molar-refractivity contribution >= 4 is 17.5 Å². The van der Waals surface area contributed by atoms with E-state index in [1.54, 1.807) is 11.1 Å². The highest BCUT2D eigenvalue weighted by Crippen LogP contribution is 2.22. The Labute approximate surface area is 206 Å². The quantitative estimate of drug-likeness (QED) is 0.380. The molecule has 0 bridgehead atoms.